The van der Waals surface area contributed by atoms with Crippen LogP contribution in [0.4, 0.5) is 0 Å². The van der Waals surface area contributed by atoms with Gasteiger partial charge in [0.25, 0.3) is 0 Å². The van der Waals surface area contributed by atoms with Crippen LogP contribution in [0.2, 0.25) is 0 Å². The van der Waals surface area contributed by atoms with E-state index in [1.807, 2.05) is 0 Å². The summed E-state index contributed by atoms with van der Waals surface area (Å²) in [5.41, 5.74) is 5.87. The highest BCUT2D eigenvalue weighted by Crippen LogP contribution is 2.30. The lowest BCUT2D eigenvalue weighted by molar-refractivity contribution is 0.272. The molecule has 1 aliphatic rings. The second-order valence-electron chi connectivity index (χ2n) is 3.54. The molecule has 0 saturated heterocycles. The Morgan fingerprint density at radius 2 is 2.27 bits per heavy atom. The van der Waals surface area contributed by atoms with Gasteiger partial charge in [-0.1, -0.05) is 19.3 Å². The van der Waals surface area contributed by atoms with E-state index in [-0.39, 0.29) is 0 Å². The standard InChI is InChI=1S/C10H17N/c1-2-3-7-10(11)8-9-5-4-6-9/h1,9-10H,3-8,11H2. The topological polar surface area (TPSA) is 26.0 Å². The van der Waals surface area contributed by atoms with E-state index in [0.717, 1.165) is 18.8 Å². The van der Waals surface area contributed by atoms with Gasteiger partial charge in [0, 0.05) is 12.5 Å². The average molecular weight is 151 g/mol. The number of hydrogen-bond acceptors (Lipinski definition) is 1. The maximum atomic E-state index is 5.87. The molecule has 0 aliphatic heterocycles. The van der Waals surface area contributed by atoms with Crippen molar-refractivity contribution in [3.05, 3.63) is 0 Å². The van der Waals surface area contributed by atoms with Crippen molar-refractivity contribution in [3.8, 4) is 12.3 Å². The van der Waals surface area contributed by atoms with Crippen LogP contribution in [0, 0.1) is 18.3 Å². The molecular formula is C10H17N. The minimum Gasteiger partial charge on any atom is -0.328 e. The summed E-state index contributed by atoms with van der Waals surface area (Å²) in [7, 11) is 0. The van der Waals surface area contributed by atoms with Crippen LogP contribution in [0.25, 0.3) is 0 Å². The van der Waals surface area contributed by atoms with Crippen LogP contribution in [-0.4, -0.2) is 6.04 Å². The third kappa shape index (κ3) is 2.95. The molecule has 1 atom stereocenters. The van der Waals surface area contributed by atoms with Crippen LogP contribution < -0.4 is 5.73 Å². The second kappa shape index (κ2) is 4.41. The van der Waals surface area contributed by atoms with Gasteiger partial charge in [-0.25, -0.2) is 0 Å². The van der Waals surface area contributed by atoms with E-state index in [2.05, 4.69) is 5.92 Å². The fourth-order valence-electron chi connectivity index (χ4n) is 1.54. The Bertz CT molecular complexity index is 141. The van der Waals surface area contributed by atoms with Crippen molar-refractivity contribution in [1.82, 2.24) is 0 Å². The van der Waals surface area contributed by atoms with Crippen LogP contribution in [0.15, 0.2) is 0 Å². The van der Waals surface area contributed by atoms with E-state index in [1.165, 1.54) is 25.7 Å². The molecule has 0 aromatic carbocycles. The SMILES string of the molecule is C#CCCC(N)CC1CCC1. The molecule has 0 spiro atoms. The highest BCUT2D eigenvalue weighted by molar-refractivity contribution is 4.86. The quantitative estimate of drug-likeness (QED) is 0.610. The Hall–Kier alpha value is -0.480. The van der Waals surface area contributed by atoms with E-state index in [1.54, 1.807) is 0 Å². The van der Waals surface area contributed by atoms with Crippen molar-refractivity contribution in [1.29, 1.82) is 0 Å². The Labute approximate surface area is 69.4 Å². The van der Waals surface area contributed by atoms with Crippen LogP contribution in [0.5, 0.6) is 0 Å². The molecule has 62 valence electrons. The van der Waals surface area contributed by atoms with Gasteiger partial charge >= 0.3 is 0 Å². The summed E-state index contributed by atoms with van der Waals surface area (Å²) in [5, 5.41) is 0. The summed E-state index contributed by atoms with van der Waals surface area (Å²) < 4.78 is 0. The average Bonchev–Trinajstić information content (AvgIpc) is 1.93. The fraction of sp³-hybridized carbons (Fsp3) is 0.800. The molecule has 0 aromatic heterocycles. The van der Waals surface area contributed by atoms with Crippen molar-refractivity contribution in [2.75, 3.05) is 0 Å². The molecular weight excluding hydrogens is 134 g/mol. The largest absolute Gasteiger partial charge is 0.328 e. The highest BCUT2D eigenvalue weighted by atomic mass is 14.6. The first-order valence-corrected chi connectivity index (χ1v) is 4.52. The summed E-state index contributed by atoms with van der Waals surface area (Å²) in [5.74, 6) is 3.55. The maximum Gasteiger partial charge on any atom is 0.0101 e. The van der Waals surface area contributed by atoms with Crippen molar-refractivity contribution in [2.45, 2.75) is 44.6 Å². The van der Waals surface area contributed by atoms with Crippen molar-refractivity contribution in [2.24, 2.45) is 11.7 Å². The van der Waals surface area contributed by atoms with Crippen LogP contribution in [-0.2, 0) is 0 Å². The van der Waals surface area contributed by atoms with E-state index < -0.39 is 0 Å². The number of rotatable bonds is 4. The van der Waals surface area contributed by atoms with Gasteiger partial charge in [0.1, 0.15) is 0 Å². The molecule has 0 heterocycles. The predicted octanol–water partition coefficient (Wildman–Crippen LogP) is 1.92. The summed E-state index contributed by atoms with van der Waals surface area (Å²) >= 11 is 0. The van der Waals surface area contributed by atoms with Gasteiger partial charge in [-0.2, -0.15) is 0 Å². The van der Waals surface area contributed by atoms with Gasteiger partial charge in [0.05, 0.1) is 0 Å². The molecule has 1 aliphatic carbocycles. The molecule has 0 bridgehead atoms. The Balaban J connectivity index is 2.01. The minimum atomic E-state index is 0.358. The molecule has 11 heavy (non-hydrogen) atoms. The molecule has 1 heteroatoms. The van der Waals surface area contributed by atoms with Gasteiger partial charge < -0.3 is 5.73 Å². The second-order valence-corrected chi connectivity index (χ2v) is 3.54. The van der Waals surface area contributed by atoms with Crippen LogP contribution in [0.3, 0.4) is 0 Å². The first kappa shape index (κ1) is 8.62. The summed E-state index contributed by atoms with van der Waals surface area (Å²) in [6, 6.07) is 0.358. The zero-order valence-electron chi connectivity index (χ0n) is 7.05. The van der Waals surface area contributed by atoms with Crippen LogP contribution in [0.1, 0.15) is 38.5 Å². The third-order valence-electron chi connectivity index (χ3n) is 2.52. The zero-order chi connectivity index (χ0) is 8.10. The molecule has 1 unspecified atom stereocenters. The molecule has 0 radical (unpaired) electrons. The molecule has 1 nitrogen and oxygen atoms in total. The maximum absolute atomic E-state index is 5.87. The minimum absolute atomic E-state index is 0.358. The predicted molar refractivity (Wildman–Crippen MR) is 48.0 cm³/mol. The van der Waals surface area contributed by atoms with Gasteiger partial charge in [-0.3, -0.25) is 0 Å². The van der Waals surface area contributed by atoms with E-state index in [0.29, 0.717) is 6.04 Å². The smallest absolute Gasteiger partial charge is 0.0101 e. The first-order chi connectivity index (χ1) is 5.33. The lowest BCUT2D eigenvalue weighted by Gasteiger charge is -2.27. The molecule has 1 rings (SSSR count). The van der Waals surface area contributed by atoms with Gasteiger partial charge in [0.15, 0.2) is 0 Å². The van der Waals surface area contributed by atoms with Gasteiger partial charge in [0.2, 0.25) is 0 Å². The van der Waals surface area contributed by atoms with E-state index >= 15 is 0 Å². The molecule has 1 saturated carbocycles. The number of terminal acetylenes is 1. The fourth-order valence-corrected chi connectivity index (χ4v) is 1.54. The monoisotopic (exact) mass is 151 g/mol. The Morgan fingerprint density at radius 1 is 1.55 bits per heavy atom. The number of hydrogen-bond donors (Lipinski definition) is 1. The molecule has 1 fully saturated rings. The van der Waals surface area contributed by atoms with Crippen molar-refractivity contribution >= 4 is 0 Å². The summed E-state index contributed by atoms with van der Waals surface area (Å²) in [6.45, 7) is 0. The van der Waals surface area contributed by atoms with Crippen LogP contribution >= 0.6 is 0 Å². The highest BCUT2D eigenvalue weighted by Gasteiger charge is 2.19. The Morgan fingerprint density at radius 3 is 2.73 bits per heavy atom. The molecule has 0 amide bonds. The lowest BCUT2D eigenvalue weighted by atomic mass is 9.80. The molecule has 0 aromatic rings. The van der Waals surface area contributed by atoms with Gasteiger partial charge in [-0.05, 0) is 18.8 Å². The van der Waals surface area contributed by atoms with E-state index in [9.17, 15) is 0 Å². The van der Waals surface area contributed by atoms with Crippen molar-refractivity contribution < 1.29 is 0 Å². The first-order valence-electron chi connectivity index (χ1n) is 4.52. The number of nitrogens with two attached hydrogens (primary N) is 1. The Kier molecular flexibility index (Phi) is 3.45. The summed E-state index contributed by atoms with van der Waals surface area (Å²) in [6.07, 6.45) is 12.4. The normalized spacial score (nSPS) is 20.4. The van der Waals surface area contributed by atoms with E-state index in [4.69, 9.17) is 12.2 Å². The van der Waals surface area contributed by atoms with Gasteiger partial charge in [-0.15, -0.1) is 12.3 Å². The third-order valence-corrected chi connectivity index (χ3v) is 2.52. The lowest BCUT2D eigenvalue weighted by Crippen LogP contribution is -2.26. The summed E-state index contributed by atoms with van der Waals surface area (Å²) in [4.78, 5) is 0. The van der Waals surface area contributed by atoms with Crippen molar-refractivity contribution in [3.63, 3.8) is 0 Å². The molecule has 2 N–H and O–H groups in total. The zero-order valence-corrected chi connectivity index (χ0v) is 7.05.